The standard InChI is InChI=1S/C25H33F2N3O3/c1-15(31)30-23(11-16-9-17(26)12-18(27)10-16)24(32)14-29-22-7-8-28-21-6-5-19(13-20(21)22)33-25(2,3)4/h5-6,9-10,12-13,22-24,28-29,32H,7-8,11,14H2,1-4H3,(H,30,31). The van der Waals surface area contributed by atoms with E-state index in [-0.39, 0.29) is 30.5 Å². The van der Waals surface area contributed by atoms with Crippen LogP contribution in [0, 0.1) is 11.6 Å². The second kappa shape index (κ2) is 10.5. The van der Waals surface area contributed by atoms with Crippen LogP contribution in [0.1, 0.15) is 51.3 Å². The molecule has 33 heavy (non-hydrogen) atoms. The van der Waals surface area contributed by atoms with Crippen molar-refractivity contribution in [1.29, 1.82) is 0 Å². The van der Waals surface area contributed by atoms with Crippen molar-refractivity contribution in [2.24, 2.45) is 0 Å². The van der Waals surface area contributed by atoms with Crippen molar-refractivity contribution >= 4 is 11.6 Å². The fraction of sp³-hybridized carbons (Fsp3) is 0.480. The largest absolute Gasteiger partial charge is 0.488 e. The van der Waals surface area contributed by atoms with Gasteiger partial charge >= 0.3 is 0 Å². The predicted molar refractivity (Wildman–Crippen MR) is 124 cm³/mol. The molecule has 2 aromatic rings. The Morgan fingerprint density at radius 2 is 1.91 bits per heavy atom. The van der Waals surface area contributed by atoms with Crippen LogP contribution in [0.4, 0.5) is 14.5 Å². The number of carbonyl (C=O) groups is 1. The van der Waals surface area contributed by atoms with Gasteiger partial charge in [0.2, 0.25) is 5.91 Å². The maximum absolute atomic E-state index is 13.6. The van der Waals surface area contributed by atoms with Crippen LogP contribution in [-0.2, 0) is 11.2 Å². The summed E-state index contributed by atoms with van der Waals surface area (Å²) in [5.74, 6) is -0.953. The molecule has 3 unspecified atom stereocenters. The van der Waals surface area contributed by atoms with E-state index in [1.54, 1.807) is 0 Å². The number of carbonyl (C=O) groups excluding carboxylic acids is 1. The van der Waals surface area contributed by atoms with Crippen LogP contribution in [-0.4, -0.2) is 41.9 Å². The maximum atomic E-state index is 13.6. The van der Waals surface area contributed by atoms with Gasteiger partial charge in [-0.2, -0.15) is 0 Å². The zero-order chi connectivity index (χ0) is 24.2. The first-order chi connectivity index (χ1) is 15.5. The normalized spacial score (nSPS) is 17.5. The zero-order valence-electron chi connectivity index (χ0n) is 19.5. The lowest BCUT2D eigenvalue weighted by atomic mass is 9.96. The lowest BCUT2D eigenvalue weighted by Gasteiger charge is -2.31. The van der Waals surface area contributed by atoms with Crippen LogP contribution in [0.5, 0.6) is 5.75 Å². The first-order valence-corrected chi connectivity index (χ1v) is 11.2. The summed E-state index contributed by atoms with van der Waals surface area (Å²) in [7, 11) is 0. The number of amides is 1. The minimum Gasteiger partial charge on any atom is -0.488 e. The number of nitrogens with one attached hydrogen (secondary N) is 3. The number of rotatable bonds is 8. The van der Waals surface area contributed by atoms with Crippen molar-refractivity contribution in [3.63, 3.8) is 0 Å². The molecule has 0 fully saturated rings. The van der Waals surface area contributed by atoms with Gasteiger partial charge in [-0.05, 0) is 75.1 Å². The van der Waals surface area contributed by atoms with Gasteiger partial charge < -0.3 is 25.8 Å². The third-order valence-electron chi connectivity index (χ3n) is 5.38. The van der Waals surface area contributed by atoms with Gasteiger partial charge in [-0.1, -0.05) is 0 Å². The minimum absolute atomic E-state index is 0.0241. The molecule has 0 saturated heterocycles. The molecule has 0 saturated carbocycles. The van der Waals surface area contributed by atoms with Gasteiger partial charge in [0.15, 0.2) is 0 Å². The van der Waals surface area contributed by atoms with Crippen molar-refractivity contribution < 1.29 is 23.4 Å². The summed E-state index contributed by atoms with van der Waals surface area (Å²) in [6.07, 6.45) is -0.0604. The number of fused-ring (bicyclic) bond motifs is 1. The quantitative estimate of drug-likeness (QED) is 0.482. The molecule has 2 aromatic carbocycles. The Labute approximate surface area is 193 Å². The van der Waals surface area contributed by atoms with Crippen molar-refractivity contribution in [1.82, 2.24) is 10.6 Å². The SMILES string of the molecule is CC(=O)NC(Cc1cc(F)cc(F)c1)C(O)CNC1CCNc2ccc(OC(C)(C)C)cc21. The summed E-state index contributed by atoms with van der Waals surface area (Å²) in [6.45, 7) is 8.28. The van der Waals surface area contributed by atoms with E-state index in [0.29, 0.717) is 5.56 Å². The molecule has 1 heterocycles. The van der Waals surface area contributed by atoms with Crippen LogP contribution in [0.15, 0.2) is 36.4 Å². The maximum Gasteiger partial charge on any atom is 0.217 e. The highest BCUT2D eigenvalue weighted by Gasteiger charge is 2.26. The predicted octanol–water partition coefficient (Wildman–Crippen LogP) is 3.70. The van der Waals surface area contributed by atoms with Crippen LogP contribution >= 0.6 is 0 Å². The summed E-state index contributed by atoms with van der Waals surface area (Å²) in [6, 6.07) is 8.39. The van der Waals surface area contributed by atoms with Gasteiger partial charge in [0, 0.05) is 37.8 Å². The monoisotopic (exact) mass is 461 g/mol. The molecule has 3 rings (SSSR count). The van der Waals surface area contributed by atoms with E-state index in [2.05, 4.69) is 16.0 Å². The smallest absolute Gasteiger partial charge is 0.217 e. The Hall–Kier alpha value is -2.71. The number of ether oxygens (including phenoxy) is 1. The van der Waals surface area contributed by atoms with E-state index in [4.69, 9.17) is 4.74 Å². The topological polar surface area (TPSA) is 82.6 Å². The Balaban J connectivity index is 1.70. The van der Waals surface area contributed by atoms with Crippen molar-refractivity contribution in [2.75, 3.05) is 18.4 Å². The number of hydrogen-bond donors (Lipinski definition) is 4. The highest BCUT2D eigenvalue weighted by atomic mass is 19.1. The molecule has 0 aromatic heterocycles. The summed E-state index contributed by atoms with van der Waals surface area (Å²) >= 11 is 0. The van der Waals surface area contributed by atoms with E-state index in [9.17, 15) is 18.7 Å². The number of anilines is 1. The fourth-order valence-electron chi connectivity index (χ4n) is 4.06. The molecule has 3 atom stereocenters. The first kappa shape index (κ1) is 24.9. The number of benzene rings is 2. The molecular weight excluding hydrogens is 428 g/mol. The second-order valence-corrected chi connectivity index (χ2v) is 9.50. The number of aliphatic hydroxyl groups excluding tert-OH is 1. The molecule has 1 aliphatic rings. The summed E-state index contributed by atoms with van der Waals surface area (Å²) in [4.78, 5) is 11.7. The molecule has 0 bridgehead atoms. The summed E-state index contributed by atoms with van der Waals surface area (Å²) < 4.78 is 33.2. The molecule has 0 radical (unpaired) electrons. The average Bonchev–Trinajstić information content (AvgIpc) is 2.69. The Kier molecular flexibility index (Phi) is 7.92. The lowest BCUT2D eigenvalue weighted by Crippen LogP contribution is -2.48. The Bertz CT molecular complexity index is 958. The number of aliphatic hydroxyl groups is 1. The van der Waals surface area contributed by atoms with Crippen molar-refractivity contribution in [2.45, 2.75) is 64.3 Å². The highest BCUT2D eigenvalue weighted by molar-refractivity contribution is 5.73. The highest BCUT2D eigenvalue weighted by Crippen LogP contribution is 2.34. The molecule has 1 aliphatic heterocycles. The second-order valence-electron chi connectivity index (χ2n) is 9.50. The molecular formula is C25H33F2N3O3. The van der Waals surface area contributed by atoms with Gasteiger partial charge in [0.1, 0.15) is 23.0 Å². The molecule has 180 valence electrons. The van der Waals surface area contributed by atoms with Crippen molar-refractivity contribution in [3.05, 3.63) is 59.2 Å². The summed E-state index contributed by atoms with van der Waals surface area (Å²) in [5, 5.41) is 20.3. The van der Waals surface area contributed by atoms with Gasteiger partial charge in [0.25, 0.3) is 0 Å². The Morgan fingerprint density at radius 3 is 2.55 bits per heavy atom. The minimum atomic E-state index is -0.965. The van der Waals surface area contributed by atoms with E-state index < -0.39 is 23.8 Å². The van der Waals surface area contributed by atoms with E-state index in [1.807, 2.05) is 39.0 Å². The van der Waals surface area contributed by atoms with Crippen LogP contribution in [0.25, 0.3) is 0 Å². The van der Waals surface area contributed by atoms with Gasteiger partial charge in [-0.3, -0.25) is 4.79 Å². The third-order valence-corrected chi connectivity index (χ3v) is 5.38. The molecule has 1 amide bonds. The van der Waals surface area contributed by atoms with Gasteiger partial charge in [-0.25, -0.2) is 8.78 Å². The lowest BCUT2D eigenvalue weighted by molar-refractivity contribution is -0.120. The third kappa shape index (κ3) is 7.40. The zero-order valence-corrected chi connectivity index (χ0v) is 19.5. The number of hydrogen-bond acceptors (Lipinski definition) is 5. The fourth-order valence-corrected chi connectivity index (χ4v) is 4.06. The molecule has 0 aliphatic carbocycles. The summed E-state index contributed by atoms with van der Waals surface area (Å²) in [5.41, 5.74) is 2.08. The van der Waals surface area contributed by atoms with Crippen LogP contribution < -0.4 is 20.7 Å². The van der Waals surface area contributed by atoms with Gasteiger partial charge in [-0.15, -0.1) is 0 Å². The Morgan fingerprint density at radius 1 is 1.21 bits per heavy atom. The molecule has 8 heteroatoms. The average molecular weight is 462 g/mol. The number of halogens is 2. The van der Waals surface area contributed by atoms with E-state index in [1.165, 1.54) is 19.1 Å². The molecule has 4 N–H and O–H groups in total. The van der Waals surface area contributed by atoms with Crippen LogP contribution in [0.3, 0.4) is 0 Å². The first-order valence-electron chi connectivity index (χ1n) is 11.2. The van der Waals surface area contributed by atoms with Crippen LogP contribution in [0.2, 0.25) is 0 Å². The van der Waals surface area contributed by atoms with Gasteiger partial charge in [0.05, 0.1) is 12.1 Å². The van der Waals surface area contributed by atoms with E-state index >= 15 is 0 Å². The van der Waals surface area contributed by atoms with Crippen molar-refractivity contribution in [3.8, 4) is 5.75 Å². The molecule has 0 spiro atoms. The molecule has 6 nitrogen and oxygen atoms in total. The van der Waals surface area contributed by atoms with E-state index in [0.717, 1.165) is 36.0 Å².